The lowest BCUT2D eigenvalue weighted by Gasteiger charge is -2.45. The van der Waals surface area contributed by atoms with Crippen LogP contribution in [0.4, 0.5) is 0 Å². The number of rotatable bonds is 5. The predicted octanol–water partition coefficient (Wildman–Crippen LogP) is 2.94. The van der Waals surface area contributed by atoms with Gasteiger partial charge in [-0.15, -0.1) is 0 Å². The molecule has 4 rings (SSSR count). The van der Waals surface area contributed by atoms with Crippen molar-refractivity contribution in [2.24, 2.45) is 11.8 Å². The Kier molecular flexibility index (Phi) is 6.32. The van der Waals surface area contributed by atoms with Gasteiger partial charge in [-0.2, -0.15) is 0 Å². The van der Waals surface area contributed by atoms with E-state index < -0.39 is 0 Å². The molecule has 0 spiro atoms. The number of amides is 2. The summed E-state index contributed by atoms with van der Waals surface area (Å²) in [7, 11) is 5.38. The van der Waals surface area contributed by atoms with Crippen LogP contribution in [0.15, 0.2) is 24.3 Å². The molecule has 30 heavy (non-hydrogen) atoms. The Labute approximate surface area is 180 Å². The molecule has 0 saturated carbocycles. The first-order valence-electron chi connectivity index (χ1n) is 11.4. The molecule has 3 aliphatic rings. The van der Waals surface area contributed by atoms with Crippen molar-refractivity contribution in [2.75, 3.05) is 40.8 Å². The largest absolute Gasteiger partial charge is 0.497 e. The number of carbonyl (C=O) groups is 2. The quantitative estimate of drug-likeness (QED) is 0.745. The summed E-state index contributed by atoms with van der Waals surface area (Å²) in [5.74, 6) is 1.13. The molecule has 3 aliphatic heterocycles. The Hall–Kier alpha value is -2.08. The van der Waals surface area contributed by atoms with E-state index in [1.807, 2.05) is 43.3 Å². The van der Waals surface area contributed by atoms with Gasteiger partial charge >= 0.3 is 0 Å². The smallest absolute Gasteiger partial charge is 0.228 e. The van der Waals surface area contributed by atoms with Crippen molar-refractivity contribution in [1.82, 2.24) is 14.7 Å². The Balaban J connectivity index is 1.47. The molecule has 0 bridgehead atoms. The van der Waals surface area contributed by atoms with E-state index in [0.29, 0.717) is 12.0 Å². The van der Waals surface area contributed by atoms with Crippen LogP contribution in [0, 0.1) is 11.8 Å². The second-order valence-corrected chi connectivity index (χ2v) is 9.25. The zero-order chi connectivity index (χ0) is 21.3. The highest BCUT2D eigenvalue weighted by Gasteiger charge is 2.44. The number of likely N-dealkylation sites (tertiary alicyclic amines) is 1. The first-order chi connectivity index (χ1) is 14.5. The normalized spacial score (nSPS) is 29.6. The summed E-state index contributed by atoms with van der Waals surface area (Å²) in [4.78, 5) is 32.3. The maximum atomic E-state index is 13.5. The third-order valence-electron chi connectivity index (χ3n) is 7.47. The van der Waals surface area contributed by atoms with E-state index in [4.69, 9.17) is 4.74 Å². The first-order valence-corrected chi connectivity index (χ1v) is 11.4. The van der Waals surface area contributed by atoms with E-state index >= 15 is 0 Å². The van der Waals surface area contributed by atoms with E-state index in [-0.39, 0.29) is 30.2 Å². The second kappa shape index (κ2) is 8.96. The zero-order valence-corrected chi connectivity index (χ0v) is 18.5. The molecule has 0 N–H and O–H groups in total. The fourth-order valence-corrected chi connectivity index (χ4v) is 5.86. The average Bonchev–Trinajstić information content (AvgIpc) is 3.07. The number of piperidine rings is 2. The van der Waals surface area contributed by atoms with Crippen molar-refractivity contribution in [3.05, 3.63) is 29.8 Å². The molecule has 2 amide bonds. The molecule has 0 radical (unpaired) electrons. The molecule has 0 aliphatic carbocycles. The van der Waals surface area contributed by atoms with Crippen LogP contribution in [0.5, 0.6) is 5.75 Å². The summed E-state index contributed by atoms with van der Waals surface area (Å²) in [6.07, 6.45) is 6.57. The molecular weight excluding hydrogens is 378 g/mol. The third kappa shape index (κ3) is 4.07. The zero-order valence-electron chi connectivity index (χ0n) is 18.5. The van der Waals surface area contributed by atoms with E-state index in [2.05, 4.69) is 4.90 Å². The van der Waals surface area contributed by atoms with Gasteiger partial charge in [0.1, 0.15) is 5.75 Å². The fraction of sp³-hybridized carbons (Fsp3) is 0.667. The van der Waals surface area contributed by atoms with E-state index in [9.17, 15) is 9.59 Å². The van der Waals surface area contributed by atoms with Crippen LogP contribution in [0.1, 0.15) is 50.1 Å². The highest BCUT2D eigenvalue weighted by Crippen LogP contribution is 2.39. The molecule has 4 atom stereocenters. The van der Waals surface area contributed by atoms with E-state index in [1.54, 1.807) is 12.0 Å². The lowest BCUT2D eigenvalue weighted by molar-refractivity contribution is -0.136. The Morgan fingerprint density at radius 1 is 1.13 bits per heavy atom. The van der Waals surface area contributed by atoms with Crippen molar-refractivity contribution in [1.29, 1.82) is 0 Å². The lowest BCUT2D eigenvalue weighted by atomic mass is 9.83. The number of hydrogen-bond donors (Lipinski definition) is 0. The summed E-state index contributed by atoms with van der Waals surface area (Å²) in [6.45, 7) is 3.21. The summed E-state index contributed by atoms with van der Waals surface area (Å²) >= 11 is 0. The maximum Gasteiger partial charge on any atom is 0.228 e. The highest BCUT2D eigenvalue weighted by atomic mass is 16.5. The molecule has 6 heteroatoms. The summed E-state index contributed by atoms with van der Waals surface area (Å²) in [5.41, 5.74) is 0.993. The van der Waals surface area contributed by atoms with Gasteiger partial charge in [0.05, 0.1) is 19.1 Å². The molecule has 3 fully saturated rings. The van der Waals surface area contributed by atoms with Gasteiger partial charge in [-0.05, 0) is 62.4 Å². The van der Waals surface area contributed by atoms with Gasteiger partial charge in [-0.1, -0.05) is 18.6 Å². The minimum absolute atomic E-state index is 0.0405. The van der Waals surface area contributed by atoms with Gasteiger partial charge in [0.15, 0.2) is 0 Å². The van der Waals surface area contributed by atoms with Crippen LogP contribution < -0.4 is 4.74 Å². The van der Waals surface area contributed by atoms with Gasteiger partial charge in [0, 0.05) is 33.1 Å². The topological polar surface area (TPSA) is 53.1 Å². The van der Waals surface area contributed by atoms with E-state index in [1.165, 1.54) is 45.2 Å². The minimum Gasteiger partial charge on any atom is -0.497 e. The van der Waals surface area contributed by atoms with Gasteiger partial charge < -0.3 is 19.4 Å². The number of fused-ring (bicyclic) bond motifs is 1. The van der Waals surface area contributed by atoms with Crippen LogP contribution >= 0.6 is 0 Å². The van der Waals surface area contributed by atoms with Gasteiger partial charge in [-0.25, -0.2) is 0 Å². The number of benzene rings is 1. The van der Waals surface area contributed by atoms with Crippen molar-refractivity contribution >= 4 is 11.8 Å². The van der Waals surface area contributed by atoms with Gasteiger partial charge in [0.2, 0.25) is 11.8 Å². The predicted molar refractivity (Wildman–Crippen MR) is 116 cm³/mol. The van der Waals surface area contributed by atoms with Crippen LogP contribution in [0.2, 0.25) is 0 Å². The molecule has 1 aromatic carbocycles. The van der Waals surface area contributed by atoms with Crippen LogP contribution in [0.25, 0.3) is 0 Å². The second-order valence-electron chi connectivity index (χ2n) is 9.25. The fourth-order valence-electron chi connectivity index (χ4n) is 5.86. The Bertz CT molecular complexity index is 763. The molecular formula is C24H35N3O3. The summed E-state index contributed by atoms with van der Waals surface area (Å²) in [5, 5.41) is 0. The Morgan fingerprint density at radius 2 is 1.87 bits per heavy atom. The number of ether oxygens (including phenoxy) is 1. The summed E-state index contributed by atoms with van der Waals surface area (Å²) in [6, 6.07) is 8.15. The summed E-state index contributed by atoms with van der Waals surface area (Å²) < 4.78 is 5.26. The van der Waals surface area contributed by atoms with Gasteiger partial charge in [0.25, 0.3) is 0 Å². The van der Waals surface area contributed by atoms with E-state index in [0.717, 1.165) is 17.9 Å². The third-order valence-corrected chi connectivity index (χ3v) is 7.47. The first kappa shape index (κ1) is 21.2. The van der Waals surface area contributed by atoms with Crippen molar-refractivity contribution in [3.8, 4) is 5.75 Å². The molecule has 164 valence electrons. The minimum atomic E-state index is -0.327. The standard InChI is InChI=1S/C24H35N3O3/c1-25(16-18-7-6-14-27-13-5-4-8-21(18)27)24(29)20-15-22(28)26(2)23(20)17-9-11-19(30-3)12-10-17/h9-12,18,20-21,23H,4-8,13-16H2,1-3H3/t18-,20?,21+,23?/m0/s1. The van der Waals surface area contributed by atoms with Crippen molar-refractivity contribution in [3.63, 3.8) is 0 Å². The van der Waals surface area contributed by atoms with Gasteiger partial charge in [-0.3, -0.25) is 9.59 Å². The average molecular weight is 414 g/mol. The maximum absolute atomic E-state index is 13.5. The SMILES string of the molecule is COc1ccc(C2C(C(=O)N(C)C[C@@H]3CCCN4CCCC[C@H]34)CC(=O)N2C)cc1. The lowest BCUT2D eigenvalue weighted by Crippen LogP contribution is -2.51. The molecule has 0 aromatic heterocycles. The van der Waals surface area contributed by atoms with Crippen LogP contribution in [0.3, 0.4) is 0 Å². The van der Waals surface area contributed by atoms with Crippen LogP contribution in [-0.4, -0.2) is 73.4 Å². The van der Waals surface area contributed by atoms with Crippen molar-refractivity contribution < 1.29 is 14.3 Å². The molecule has 3 heterocycles. The molecule has 2 unspecified atom stereocenters. The highest BCUT2D eigenvalue weighted by molar-refractivity contribution is 5.90. The number of carbonyl (C=O) groups excluding carboxylic acids is 2. The van der Waals surface area contributed by atoms with Crippen molar-refractivity contribution in [2.45, 2.75) is 50.6 Å². The number of methoxy groups -OCH3 is 1. The Morgan fingerprint density at radius 3 is 2.60 bits per heavy atom. The monoisotopic (exact) mass is 413 g/mol. The molecule has 1 aromatic rings. The number of hydrogen-bond acceptors (Lipinski definition) is 4. The number of nitrogens with zero attached hydrogens (tertiary/aromatic N) is 3. The molecule has 3 saturated heterocycles. The molecule has 6 nitrogen and oxygen atoms in total. The van der Waals surface area contributed by atoms with Crippen LogP contribution in [-0.2, 0) is 9.59 Å².